The highest BCUT2D eigenvalue weighted by atomic mass is 16.5. The predicted molar refractivity (Wildman–Crippen MR) is 47.3 cm³/mol. The van der Waals surface area contributed by atoms with Gasteiger partial charge in [-0.15, -0.1) is 0 Å². The smallest absolute Gasteiger partial charge is 0.302 e. The van der Waals surface area contributed by atoms with Gasteiger partial charge in [-0.05, 0) is 6.07 Å². The summed E-state index contributed by atoms with van der Waals surface area (Å²) in [4.78, 5) is 21.5. The lowest BCUT2D eigenvalue weighted by Gasteiger charge is -2.04. The Morgan fingerprint density at radius 1 is 1.54 bits per heavy atom. The lowest BCUT2D eigenvalue weighted by molar-refractivity contribution is -0.141. The molecule has 4 nitrogen and oxygen atoms in total. The van der Waals surface area contributed by atoms with Crippen molar-refractivity contribution in [3.05, 3.63) is 34.7 Å². The molecule has 0 saturated carbocycles. The molecule has 0 amide bonds. The van der Waals surface area contributed by atoms with Gasteiger partial charge in [-0.2, -0.15) is 0 Å². The Hall–Kier alpha value is -1.58. The third kappa shape index (κ3) is 3.11. The fourth-order valence-corrected chi connectivity index (χ4v) is 0.933. The second-order valence-electron chi connectivity index (χ2n) is 2.57. The Morgan fingerprint density at radius 2 is 2.31 bits per heavy atom. The zero-order chi connectivity index (χ0) is 9.68. The first-order valence-corrected chi connectivity index (χ1v) is 3.99. The number of ether oxygens (including phenoxy) is 1. The Kier molecular flexibility index (Phi) is 3.25. The number of rotatable bonds is 3. The van der Waals surface area contributed by atoms with Gasteiger partial charge in [0.15, 0.2) is 0 Å². The molecular weight excluding hydrogens is 170 g/mol. The minimum absolute atomic E-state index is 0.0883. The predicted octanol–water partition coefficient (Wildman–Crippen LogP) is 0.411. The normalized spacial score (nSPS) is 9.62. The Bertz CT molecular complexity index is 343. The van der Waals surface area contributed by atoms with E-state index in [1.54, 1.807) is 18.3 Å². The van der Waals surface area contributed by atoms with Crippen molar-refractivity contribution >= 4 is 5.97 Å². The first-order chi connectivity index (χ1) is 6.20. The quantitative estimate of drug-likeness (QED) is 0.634. The van der Waals surface area contributed by atoms with Crippen LogP contribution in [0.4, 0.5) is 0 Å². The van der Waals surface area contributed by atoms with Gasteiger partial charge in [0.05, 0.1) is 6.54 Å². The van der Waals surface area contributed by atoms with E-state index in [9.17, 15) is 9.59 Å². The van der Waals surface area contributed by atoms with Crippen LogP contribution in [0, 0.1) is 0 Å². The fraction of sp³-hybridized carbons (Fsp3) is 0.333. The second kappa shape index (κ2) is 4.45. The highest BCUT2D eigenvalue weighted by Gasteiger charge is 1.95. The summed E-state index contributed by atoms with van der Waals surface area (Å²) >= 11 is 0. The van der Waals surface area contributed by atoms with Gasteiger partial charge in [0.2, 0.25) is 0 Å². The Morgan fingerprint density at radius 3 is 2.92 bits per heavy atom. The number of nitrogens with zero attached hydrogens (tertiary/aromatic N) is 1. The molecule has 0 radical (unpaired) electrons. The summed E-state index contributed by atoms with van der Waals surface area (Å²) in [6.07, 6.45) is 1.66. The van der Waals surface area contributed by atoms with Crippen LogP contribution in [-0.2, 0) is 16.1 Å². The van der Waals surface area contributed by atoms with Crippen LogP contribution in [0.5, 0.6) is 0 Å². The summed E-state index contributed by atoms with van der Waals surface area (Å²) in [6, 6.07) is 4.90. The lowest BCUT2D eigenvalue weighted by Crippen LogP contribution is -2.20. The highest BCUT2D eigenvalue weighted by molar-refractivity contribution is 5.65. The van der Waals surface area contributed by atoms with Gasteiger partial charge in [0.25, 0.3) is 5.56 Å². The molecule has 0 saturated heterocycles. The highest BCUT2D eigenvalue weighted by Crippen LogP contribution is 1.84. The number of carbonyl (C=O) groups excluding carboxylic acids is 1. The SMILES string of the molecule is CC(=O)OCCn1ccccc1=O. The van der Waals surface area contributed by atoms with Crippen LogP contribution in [0.15, 0.2) is 29.2 Å². The summed E-state index contributed by atoms with van der Waals surface area (Å²) in [6.45, 7) is 1.98. The van der Waals surface area contributed by atoms with Crippen molar-refractivity contribution in [2.24, 2.45) is 0 Å². The molecule has 0 aliphatic heterocycles. The molecule has 0 spiro atoms. The Balaban J connectivity index is 2.50. The number of hydrogen-bond acceptors (Lipinski definition) is 3. The van der Waals surface area contributed by atoms with E-state index in [4.69, 9.17) is 4.74 Å². The van der Waals surface area contributed by atoms with Crippen molar-refractivity contribution in [3.63, 3.8) is 0 Å². The molecule has 0 aliphatic carbocycles. The molecule has 1 aromatic rings. The summed E-state index contributed by atoms with van der Waals surface area (Å²) in [5.74, 6) is -0.330. The van der Waals surface area contributed by atoms with Crippen molar-refractivity contribution in [1.29, 1.82) is 0 Å². The molecule has 0 bridgehead atoms. The number of aromatic nitrogens is 1. The zero-order valence-electron chi connectivity index (χ0n) is 7.40. The van der Waals surface area contributed by atoms with Gasteiger partial charge >= 0.3 is 5.97 Å². The first kappa shape index (κ1) is 9.51. The third-order valence-corrected chi connectivity index (χ3v) is 1.54. The Labute approximate surface area is 75.8 Å². The number of hydrogen-bond donors (Lipinski definition) is 0. The molecule has 1 rings (SSSR count). The molecule has 1 heterocycles. The maximum Gasteiger partial charge on any atom is 0.302 e. The van der Waals surface area contributed by atoms with Crippen LogP contribution in [-0.4, -0.2) is 17.1 Å². The van der Waals surface area contributed by atoms with Crippen molar-refractivity contribution in [2.75, 3.05) is 6.61 Å². The van der Waals surface area contributed by atoms with Crippen molar-refractivity contribution < 1.29 is 9.53 Å². The van der Waals surface area contributed by atoms with Gasteiger partial charge in [-0.3, -0.25) is 9.59 Å². The molecule has 0 unspecified atom stereocenters. The zero-order valence-corrected chi connectivity index (χ0v) is 7.40. The average Bonchev–Trinajstić information content (AvgIpc) is 2.08. The average molecular weight is 181 g/mol. The standard InChI is InChI=1S/C9H11NO3/c1-8(11)13-7-6-10-5-3-2-4-9(10)12/h2-5H,6-7H2,1H3. The number of carbonyl (C=O) groups is 1. The molecule has 0 N–H and O–H groups in total. The lowest BCUT2D eigenvalue weighted by atomic mass is 10.5. The fourth-order valence-electron chi connectivity index (χ4n) is 0.933. The largest absolute Gasteiger partial charge is 0.464 e. The number of esters is 1. The van der Waals surface area contributed by atoms with Gasteiger partial charge in [0, 0.05) is 19.2 Å². The van der Waals surface area contributed by atoms with Crippen LogP contribution < -0.4 is 5.56 Å². The van der Waals surface area contributed by atoms with Crippen LogP contribution in [0.3, 0.4) is 0 Å². The molecule has 0 aliphatic rings. The van der Waals surface area contributed by atoms with Crippen molar-refractivity contribution in [3.8, 4) is 0 Å². The topological polar surface area (TPSA) is 48.3 Å². The van der Waals surface area contributed by atoms with E-state index in [1.807, 2.05) is 0 Å². The van der Waals surface area contributed by atoms with E-state index >= 15 is 0 Å². The van der Waals surface area contributed by atoms with Crippen LogP contribution >= 0.6 is 0 Å². The van der Waals surface area contributed by atoms with Gasteiger partial charge < -0.3 is 9.30 Å². The summed E-state index contributed by atoms with van der Waals surface area (Å²) in [5.41, 5.74) is -0.0883. The molecule has 0 atom stereocenters. The van der Waals surface area contributed by atoms with Crippen molar-refractivity contribution in [1.82, 2.24) is 4.57 Å². The molecule has 13 heavy (non-hydrogen) atoms. The maximum absolute atomic E-state index is 11.1. The molecule has 70 valence electrons. The summed E-state index contributed by atoms with van der Waals surface area (Å²) in [7, 11) is 0. The second-order valence-corrected chi connectivity index (χ2v) is 2.57. The van der Waals surface area contributed by atoms with Crippen LogP contribution in [0.1, 0.15) is 6.92 Å². The monoisotopic (exact) mass is 181 g/mol. The van der Waals surface area contributed by atoms with Gasteiger partial charge in [-0.25, -0.2) is 0 Å². The van der Waals surface area contributed by atoms with E-state index in [0.717, 1.165) is 0 Å². The van der Waals surface area contributed by atoms with E-state index in [2.05, 4.69) is 0 Å². The van der Waals surface area contributed by atoms with E-state index in [-0.39, 0.29) is 18.1 Å². The van der Waals surface area contributed by atoms with Crippen molar-refractivity contribution in [2.45, 2.75) is 13.5 Å². The summed E-state index contributed by atoms with van der Waals surface area (Å²) < 4.78 is 6.19. The van der Waals surface area contributed by atoms with Gasteiger partial charge in [-0.1, -0.05) is 6.07 Å². The van der Waals surface area contributed by atoms with E-state index in [0.29, 0.717) is 6.54 Å². The van der Waals surface area contributed by atoms with E-state index < -0.39 is 0 Å². The van der Waals surface area contributed by atoms with E-state index in [1.165, 1.54) is 17.6 Å². The first-order valence-electron chi connectivity index (χ1n) is 3.99. The van der Waals surface area contributed by atoms with Gasteiger partial charge in [0.1, 0.15) is 6.61 Å². The third-order valence-electron chi connectivity index (χ3n) is 1.54. The molecule has 0 aromatic carbocycles. The molecular formula is C9H11NO3. The minimum Gasteiger partial charge on any atom is -0.464 e. The molecule has 4 heteroatoms. The van der Waals surface area contributed by atoms with Crippen LogP contribution in [0.2, 0.25) is 0 Å². The molecule has 0 fully saturated rings. The molecule has 1 aromatic heterocycles. The summed E-state index contributed by atoms with van der Waals surface area (Å²) in [5, 5.41) is 0. The minimum atomic E-state index is -0.330. The number of pyridine rings is 1. The van der Waals surface area contributed by atoms with Crippen LogP contribution in [0.25, 0.3) is 0 Å². The maximum atomic E-state index is 11.1.